The fraction of sp³-hybridized carbons (Fsp3) is 1.00. The minimum atomic E-state index is 0.282. The molecular weight excluding hydrogens is 154 g/mol. The van der Waals surface area contributed by atoms with E-state index in [9.17, 15) is 0 Å². The standard InChI is InChI=1S/C9H21NO2/c1-8(5-4-6-11)10-9(2)7-12-3/h8-11H,4-7H2,1-3H3. The predicted octanol–water partition coefficient (Wildman–Crippen LogP) is 0.772. The van der Waals surface area contributed by atoms with Crippen LogP contribution in [0.1, 0.15) is 26.7 Å². The Morgan fingerprint density at radius 2 is 2.00 bits per heavy atom. The Kier molecular flexibility index (Phi) is 7.45. The summed E-state index contributed by atoms with van der Waals surface area (Å²) in [5.41, 5.74) is 0. The third-order valence-corrected chi connectivity index (χ3v) is 1.78. The van der Waals surface area contributed by atoms with Crippen LogP contribution >= 0.6 is 0 Å². The van der Waals surface area contributed by atoms with Crippen LogP contribution in [0, 0.1) is 0 Å². The van der Waals surface area contributed by atoms with Gasteiger partial charge in [0.2, 0.25) is 0 Å². The van der Waals surface area contributed by atoms with Crippen LogP contribution in [-0.4, -0.2) is 37.5 Å². The molecule has 0 spiro atoms. The van der Waals surface area contributed by atoms with Crippen LogP contribution in [-0.2, 0) is 4.74 Å². The minimum Gasteiger partial charge on any atom is -0.396 e. The average molecular weight is 175 g/mol. The summed E-state index contributed by atoms with van der Waals surface area (Å²) < 4.78 is 5.00. The van der Waals surface area contributed by atoms with E-state index in [4.69, 9.17) is 9.84 Å². The van der Waals surface area contributed by atoms with Gasteiger partial charge < -0.3 is 15.2 Å². The van der Waals surface area contributed by atoms with Crippen molar-refractivity contribution in [2.45, 2.75) is 38.8 Å². The van der Waals surface area contributed by atoms with Gasteiger partial charge in [0.1, 0.15) is 0 Å². The van der Waals surface area contributed by atoms with Gasteiger partial charge in [0.15, 0.2) is 0 Å². The molecule has 0 rings (SSSR count). The Bertz CT molecular complexity index is 98.5. The highest BCUT2D eigenvalue weighted by atomic mass is 16.5. The summed E-state index contributed by atoms with van der Waals surface area (Å²) in [4.78, 5) is 0. The van der Waals surface area contributed by atoms with E-state index in [1.807, 2.05) is 0 Å². The molecule has 0 aliphatic rings. The van der Waals surface area contributed by atoms with E-state index < -0.39 is 0 Å². The average Bonchev–Trinajstić information content (AvgIpc) is 2.01. The van der Waals surface area contributed by atoms with Crippen LogP contribution in [0.25, 0.3) is 0 Å². The third-order valence-electron chi connectivity index (χ3n) is 1.78. The molecule has 0 radical (unpaired) electrons. The summed E-state index contributed by atoms with van der Waals surface area (Å²) in [5.74, 6) is 0. The second kappa shape index (κ2) is 7.53. The van der Waals surface area contributed by atoms with Crippen LogP contribution in [0.15, 0.2) is 0 Å². The highest BCUT2D eigenvalue weighted by Crippen LogP contribution is 1.97. The molecule has 2 atom stereocenters. The van der Waals surface area contributed by atoms with Crippen molar-refractivity contribution in [3.63, 3.8) is 0 Å². The zero-order chi connectivity index (χ0) is 9.40. The fourth-order valence-electron chi connectivity index (χ4n) is 1.26. The lowest BCUT2D eigenvalue weighted by molar-refractivity contribution is 0.165. The second-order valence-corrected chi connectivity index (χ2v) is 3.29. The quantitative estimate of drug-likeness (QED) is 0.600. The number of hydrogen-bond acceptors (Lipinski definition) is 3. The normalized spacial score (nSPS) is 16.0. The molecule has 2 unspecified atom stereocenters. The molecule has 12 heavy (non-hydrogen) atoms. The minimum absolute atomic E-state index is 0.282. The molecule has 0 saturated heterocycles. The number of aliphatic hydroxyl groups excluding tert-OH is 1. The molecule has 0 saturated carbocycles. The van der Waals surface area contributed by atoms with Gasteiger partial charge in [0.25, 0.3) is 0 Å². The summed E-state index contributed by atoms with van der Waals surface area (Å²) in [5, 5.41) is 12.0. The topological polar surface area (TPSA) is 41.5 Å². The van der Waals surface area contributed by atoms with Crippen molar-refractivity contribution in [2.75, 3.05) is 20.3 Å². The zero-order valence-electron chi connectivity index (χ0n) is 8.34. The van der Waals surface area contributed by atoms with E-state index in [-0.39, 0.29) is 6.61 Å². The Labute approximate surface area is 75.1 Å². The number of ether oxygens (including phenoxy) is 1. The van der Waals surface area contributed by atoms with Gasteiger partial charge in [-0.3, -0.25) is 0 Å². The summed E-state index contributed by atoms with van der Waals surface area (Å²) in [7, 11) is 1.70. The van der Waals surface area contributed by atoms with Crippen molar-refractivity contribution in [1.29, 1.82) is 0 Å². The number of nitrogens with one attached hydrogen (secondary N) is 1. The number of aliphatic hydroxyl groups is 1. The second-order valence-electron chi connectivity index (χ2n) is 3.29. The van der Waals surface area contributed by atoms with Gasteiger partial charge >= 0.3 is 0 Å². The van der Waals surface area contributed by atoms with Crippen molar-refractivity contribution in [3.8, 4) is 0 Å². The molecule has 0 fully saturated rings. The summed E-state index contributed by atoms with van der Waals surface area (Å²) >= 11 is 0. The lowest BCUT2D eigenvalue weighted by Crippen LogP contribution is -2.37. The Balaban J connectivity index is 3.33. The molecule has 3 nitrogen and oxygen atoms in total. The fourth-order valence-corrected chi connectivity index (χ4v) is 1.26. The third kappa shape index (κ3) is 6.58. The van der Waals surface area contributed by atoms with Gasteiger partial charge in [-0.1, -0.05) is 0 Å². The van der Waals surface area contributed by atoms with E-state index in [1.165, 1.54) is 0 Å². The van der Waals surface area contributed by atoms with Crippen molar-refractivity contribution in [2.24, 2.45) is 0 Å². The molecule has 74 valence electrons. The van der Waals surface area contributed by atoms with E-state index in [0.29, 0.717) is 12.1 Å². The lowest BCUT2D eigenvalue weighted by Gasteiger charge is -2.18. The molecule has 0 aromatic rings. The molecule has 0 aliphatic carbocycles. The van der Waals surface area contributed by atoms with Crippen molar-refractivity contribution in [1.82, 2.24) is 5.32 Å². The molecule has 0 aliphatic heterocycles. The van der Waals surface area contributed by atoms with Gasteiger partial charge in [-0.05, 0) is 26.7 Å². The van der Waals surface area contributed by atoms with Gasteiger partial charge in [-0.25, -0.2) is 0 Å². The maximum Gasteiger partial charge on any atom is 0.0613 e. The molecule has 0 bridgehead atoms. The molecular formula is C9H21NO2. The first-order valence-electron chi connectivity index (χ1n) is 4.56. The zero-order valence-corrected chi connectivity index (χ0v) is 8.34. The maximum atomic E-state index is 8.60. The Morgan fingerprint density at radius 1 is 1.33 bits per heavy atom. The van der Waals surface area contributed by atoms with Crippen LogP contribution in [0.4, 0.5) is 0 Å². The predicted molar refractivity (Wildman–Crippen MR) is 50.3 cm³/mol. The Morgan fingerprint density at radius 3 is 2.50 bits per heavy atom. The highest BCUT2D eigenvalue weighted by molar-refractivity contribution is 4.66. The first kappa shape index (κ1) is 11.9. The van der Waals surface area contributed by atoms with Crippen molar-refractivity contribution >= 4 is 0 Å². The summed E-state index contributed by atoms with van der Waals surface area (Å²) in [6.45, 7) is 5.24. The largest absolute Gasteiger partial charge is 0.396 e. The van der Waals surface area contributed by atoms with Crippen LogP contribution in [0.3, 0.4) is 0 Å². The first-order valence-corrected chi connectivity index (χ1v) is 4.56. The number of rotatable bonds is 7. The van der Waals surface area contributed by atoms with Gasteiger partial charge in [-0.2, -0.15) is 0 Å². The highest BCUT2D eigenvalue weighted by Gasteiger charge is 2.05. The first-order chi connectivity index (χ1) is 5.70. The van der Waals surface area contributed by atoms with E-state index in [2.05, 4.69) is 19.2 Å². The monoisotopic (exact) mass is 175 g/mol. The van der Waals surface area contributed by atoms with Crippen LogP contribution in [0.5, 0.6) is 0 Å². The van der Waals surface area contributed by atoms with E-state index in [0.717, 1.165) is 19.4 Å². The number of hydrogen-bond donors (Lipinski definition) is 2. The van der Waals surface area contributed by atoms with Crippen molar-refractivity contribution < 1.29 is 9.84 Å². The summed E-state index contributed by atoms with van der Waals surface area (Å²) in [6, 6.07) is 0.853. The maximum absolute atomic E-state index is 8.60. The van der Waals surface area contributed by atoms with Gasteiger partial charge in [0, 0.05) is 25.8 Å². The SMILES string of the molecule is COCC(C)NC(C)CCCO. The summed E-state index contributed by atoms with van der Waals surface area (Å²) in [6.07, 6.45) is 1.89. The van der Waals surface area contributed by atoms with Gasteiger partial charge in [0.05, 0.1) is 6.61 Å². The van der Waals surface area contributed by atoms with Gasteiger partial charge in [-0.15, -0.1) is 0 Å². The number of methoxy groups -OCH3 is 1. The molecule has 0 heterocycles. The Hall–Kier alpha value is -0.120. The van der Waals surface area contributed by atoms with Crippen LogP contribution in [0.2, 0.25) is 0 Å². The van der Waals surface area contributed by atoms with E-state index >= 15 is 0 Å². The molecule has 3 heteroatoms. The van der Waals surface area contributed by atoms with E-state index in [1.54, 1.807) is 7.11 Å². The lowest BCUT2D eigenvalue weighted by atomic mass is 10.1. The van der Waals surface area contributed by atoms with Crippen molar-refractivity contribution in [3.05, 3.63) is 0 Å². The van der Waals surface area contributed by atoms with Crippen LogP contribution < -0.4 is 5.32 Å². The molecule has 0 aromatic heterocycles. The molecule has 0 aromatic carbocycles. The molecule has 2 N–H and O–H groups in total. The smallest absolute Gasteiger partial charge is 0.0613 e. The molecule has 0 amide bonds.